The number of hydrogen-bond donors (Lipinski definition) is 0. The van der Waals surface area contributed by atoms with Crippen LogP contribution in [0.5, 0.6) is 5.75 Å². The Labute approximate surface area is 164 Å². The molecule has 1 unspecified atom stereocenters. The summed E-state index contributed by atoms with van der Waals surface area (Å²) < 4.78 is 75.1. The molecule has 2 aromatic carbocycles. The lowest BCUT2D eigenvalue weighted by molar-refractivity contribution is 0.0918. The van der Waals surface area contributed by atoms with E-state index in [9.17, 15) is 26.7 Å². The van der Waals surface area contributed by atoms with Gasteiger partial charge < -0.3 is 9.64 Å². The molecule has 3 nitrogen and oxygen atoms in total. The number of nitrogens with zero attached hydrogens (tertiary/aromatic N) is 1. The molecule has 0 spiro atoms. The molecular weight excluding hydrogens is 393 g/mol. The summed E-state index contributed by atoms with van der Waals surface area (Å²) in [6.45, 7) is 5.33. The molecule has 0 radical (unpaired) electrons. The highest BCUT2D eigenvalue weighted by molar-refractivity contribution is 6.08. The highest BCUT2D eigenvalue weighted by Gasteiger charge is 2.37. The van der Waals surface area contributed by atoms with E-state index in [1.54, 1.807) is 31.2 Å². The molecule has 0 aliphatic carbocycles. The highest BCUT2D eigenvalue weighted by atomic mass is 19.2. The number of fused-ring (bicyclic) bond motifs is 1. The summed E-state index contributed by atoms with van der Waals surface area (Å²) in [5, 5.41) is 0. The van der Waals surface area contributed by atoms with E-state index in [0.29, 0.717) is 11.3 Å². The van der Waals surface area contributed by atoms with Crippen LogP contribution in [0.3, 0.4) is 0 Å². The smallest absolute Gasteiger partial charge is 0.264 e. The quantitative estimate of drug-likeness (QED) is 0.380. The first-order chi connectivity index (χ1) is 13.7. The van der Waals surface area contributed by atoms with Crippen LogP contribution < -0.4 is 9.64 Å². The molecular formula is C21H18F5NO2. The Kier molecular flexibility index (Phi) is 5.64. The van der Waals surface area contributed by atoms with E-state index in [0.717, 1.165) is 4.90 Å². The molecule has 29 heavy (non-hydrogen) atoms. The van der Waals surface area contributed by atoms with Crippen molar-refractivity contribution in [1.29, 1.82) is 0 Å². The lowest BCUT2D eigenvalue weighted by atomic mass is 10.0. The molecule has 1 aliphatic rings. The third kappa shape index (κ3) is 3.47. The Hall–Kier alpha value is -2.90. The van der Waals surface area contributed by atoms with E-state index in [1.807, 2.05) is 13.8 Å². The Morgan fingerprint density at radius 1 is 1.07 bits per heavy atom. The number of anilines is 1. The number of amides is 1. The first-order valence-corrected chi connectivity index (χ1v) is 8.94. The molecule has 154 valence electrons. The van der Waals surface area contributed by atoms with Crippen LogP contribution in [0.4, 0.5) is 27.6 Å². The van der Waals surface area contributed by atoms with E-state index in [4.69, 9.17) is 4.74 Å². The molecule has 1 heterocycles. The maximum absolute atomic E-state index is 14.2. The molecule has 1 aliphatic heterocycles. The third-order valence-electron chi connectivity index (χ3n) is 4.71. The van der Waals surface area contributed by atoms with Gasteiger partial charge in [-0.25, -0.2) is 22.0 Å². The summed E-state index contributed by atoms with van der Waals surface area (Å²) >= 11 is 0. The summed E-state index contributed by atoms with van der Waals surface area (Å²) in [5.41, 5.74) is -0.690. The van der Waals surface area contributed by atoms with Gasteiger partial charge in [-0.2, -0.15) is 0 Å². The van der Waals surface area contributed by atoms with Crippen molar-refractivity contribution < 1.29 is 31.5 Å². The van der Waals surface area contributed by atoms with Crippen molar-refractivity contribution in [2.75, 3.05) is 11.4 Å². The van der Waals surface area contributed by atoms with Gasteiger partial charge in [-0.15, -0.1) is 0 Å². The van der Waals surface area contributed by atoms with Crippen molar-refractivity contribution in [3.8, 4) is 5.75 Å². The van der Waals surface area contributed by atoms with Crippen LogP contribution in [-0.4, -0.2) is 18.6 Å². The molecule has 1 amide bonds. The van der Waals surface area contributed by atoms with Gasteiger partial charge in [-0.05, 0) is 18.9 Å². The van der Waals surface area contributed by atoms with E-state index in [-0.39, 0.29) is 18.2 Å². The van der Waals surface area contributed by atoms with E-state index < -0.39 is 46.7 Å². The predicted molar refractivity (Wildman–Crippen MR) is 98.3 cm³/mol. The average molecular weight is 411 g/mol. The molecule has 0 aromatic heterocycles. The third-order valence-corrected chi connectivity index (χ3v) is 4.71. The van der Waals surface area contributed by atoms with Crippen molar-refractivity contribution in [2.24, 2.45) is 5.92 Å². The van der Waals surface area contributed by atoms with Gasteiger partial charge in [-0.1, -0.05) is 38.1 Å². The van der Waals surface area contributed by atoms with Crippen molar-refractivity contribution >= 4 is 17.7 Å². The second-order valence-electron chi connectivity index (χ2n) is 6.96. The molecule has 3 rings (SSSR count). The maximum Gasteiger partial charge on any atom is 0.264 e. The van der Waals surface area contributed by atoms with Gasteiger partial charge in [-0.3, -0.25) is 4.79 Å². The Balaban J connectivity index is 2.19. The van der Waals surface area contributed by atoms with Gasteiger partial charge in [0, 0.05) is 5.56 Å². The zero-order valence-corrected chi connectivity index (χ0v) is 15.9. The number of hydrogen-bond acceptors (Lipinski definition) is 2. The number of allylic oxidation sites excluding steroid dienone is 1. The average Bonchev–Trinajstić information content (AvgIpc) is 2.70. The monoisotopic (exact) mass is 411 g/mol. The second kappa shape index (κ2) is 7.85. The normalized spacial score (nSPS) is 16.3. The number of para-hydroxylation sites is 1. The summed E-state index contributed by atoms with van der Waals surface area (Å²) in [6.07, 6.45) is 2.93. The van der Waals surface area contributed by atoms with Crippen molar-refractivity contribution in [3.05, 3.63) is 64.5 Å². The molecule has 0 saturated heterocycles. The summed E-state index contributed by atoms with van der Waals surface area (Å²) in [5.74, 6) is -12.1. The van der Waals surface area contributed by atoms with Crippen LogP contribution in [0, 0.1) is 35.0 Å². The SMILES string of the molecule is CC=Cc1cccc2c1OC(C(C)C)CN2C(=O)c1c(F)c(F)c(F)c(F)c1F. The maximum atomic E-state index is 14.2. The molecule has 0 N–H and O–H groups in total. The number of rotatable bonds is 3. The largest absolute Gasteiger partial charge is 0.485 e. The topological polar surface area (TPSA) is 29.5 Å². The Bertz CT molecular complexity index is 974. The minimum Gasteiger partial charge on any atom is -0.485 e. The fourth-order valence-electron chi connectivity index (χ4n) is 3.13. The zero-order chi connectivity index (χ0) is 21.5. The van der Waals surface area contributed by atoms with Crippen LogP contribution in [0.2, 0.25) is 0 Å². The van der Waals surface area contributed by atoms with Gasteiger partial charge in [0.2, 0.25) is 5.82 Å². The van der Waals surface area contributed by atoms with Crippen LogP contribution >= 0.6 is 0 Å². The van der Waals surface area contributed by atoms with Gasteiger partial charge >= 0.3 is 0 Å². The summed E-state index contributed by atoms with van der Waals surface area (Å²) in [6, 6.07) is 4.82. The minimum absolute atomic E-state index is 0.0894. The number of carbonyl (C=O) groups excluding carboxylic acids is 1. The second-order valence-corrected chi connectivity index (χ2v) is 6.96. The van der Waals surface area contributed by atoms with E-state index >= 15 is 0 Å². The molecule has 1 atom stereocenters. The fourth-order valence-corrected chi connectivity index (χ4v) is 3.13. The molecule has 0 saturated carbocycles. The van der Waals surface area contributed by atoms with Gasteiger partial charge in [0.05, 0.1) is 12.2 Å². The van der Waals surface area contributed by atoms with Crippen LogP contribution in [-0.2, 0) is 0 Å². The first kappa shape index (κ1) is 20.8. The first-order valence-electron chi connectivity index (χ1n) is 8.94. The Morgan fingerprint density at radius 3 is 2.21 bits per heavy atom. The fraction of sp³-hybridized carbons (Fsp3) is 0.286. The van der Waals surface area contributed by atoms with E-state index in [1.165, 1.54) is 6.07 Å². The van der Waals surface area contributed by atoms with Gasteiger partial charge in [0.1, 0.15) is 11.7 Å². The molecule has 0 bridgehead atoms. The predicted octanol–water partition coefficient (Wildman–Crippen LogP) is 5.48. The Morgan fingerprint density at radius 2 is 1.66 bits per heavy atom. The van der Waals surface area contributed by atoms with Crippen molar-refractivity contribution in [2.45, 2.75) is 26.9 Å². The van der Waals surface area contributed by atoms with Crippen LogP contribution in [0.1, 0.15) is 36.7 Å². The van der Waals surface area contributed by atoms with Crippen molar-refractivity contribution in [3.63, 3.8) is 0 Å². The van der Waals surface area contributed by atoms with Crippen molar-refractivity contribution in [1.82, 2.24) is 0 Å². The lowest BCUT2D eigenvalue weighted by Gasteiger charge is -2.37. The van der Waals surface area contributed by atoms with Gasteiger partial charge in [0.15, 0.2) is 29.0 Å². The standard InChI is InChI=1S/C21H18F5NO2/c1-4-6-11-7-5-8-12-20(11)29-13(10(2)3)9-27(12)21(28)14-15(22)17(24)19(26)18(25)16(14)23/h4-8,10,13H,9H2,1-3H3. The number of carbonyl (C=O) groups is 1. The molecule has 2 aromatic rings. The molecule has 8 heteroatoms. The van der Waals surface area contributed by atoms with Gasteiger partial charge in [0.25, 0.3) is 5.91 Å². The highest BCUT2D eigenvalue weighted by Crippen LogP contribution is 2.40. The summed E-state index contributed by atoms with van der Waals surface area (Å²) in [7, 11) is 0. The lowest BCUT2D eigenvalue weighted by Crippen LogP contribution is -2.46. The number of halogens is 5. The minimum atomic E-state index is -2.31. The zero-order valence-electron chi connectivity index (χ0n) is 15.9. The molecule has 0 fully saturated rings. The number of benzene rings is 2. The number of ether oxygens (including phenoxy) is 1. The van der Waals surface area contributed by atoms with E-state index in [2.05, 4.69) is 0 Å². The van der Waals surface area contributed by atoms with Crippen LogP contribution in [0.15, 0.2) is 24.3 Å². The summed E-state index contributed by atoms with van der Waals surface area (Å²) in [4.78, 5) is 14.0. The van der Waals surface area contributed by atoms with Crippen LogP contribution in [0.25, 0.3) is 6.08 Å².